The van der Waals surface area contributed by atoms with Gasteiger partial charge in [-0.3, -0.25) is 4.55 Å². The van der Waals surface area contributed by atoms with Crippen molar-refractivity contribution in [2.24, 2.45) is 0 Å². The molecule has 1 rings (SSSR count). The van der Waals surface area contributed by atoms with Crippen molar-refractivity contribution < 1.29 is 26.7 Å². The van der Waals surface area contributed by atoms with E-state index in [1.807, 2.05) is 0 Å². The number of halogens is 1. The number of hydrogen-bond acceptors (Lipinski definition) is 4. The topological polar surface area (TPSA) is 83.8 Å². The first-order valence-corrected chi connectivity index (χ1v) is 4.40. The van der Waals surface area contributed by atoms with Gasteiger partial charge in [0.15, 0.2) is 11.6 Å². The molecule has 0 bridgehead atoms. The van der Waals surface area contributed by atoms with E-state index in [1.165, 1.54) is 0 Å². The summed E-state index contributed by atoms with van der Waals surface area (Å²) in [5.41, 5.74) is 0. The van der Waals surface area contributed by atoms with Crippen LogP contribution in [0.4, 0.5) is 4.39 Å². The number of hydrogen-bond donors (Lipinski definition) is 2. The van der Waals surface area contributed by atoms with Crippen LogP contribution in [0.15, 0.2) is 18.2 Å². The lowest BCUT2D eigenvalue weighted by atomic mass is 10.3. The zero-order chi connectivity index (χ0) is 10.1. The average molecular weight is 208 g/mol. The van der Waals surface area contributed by atoms with Gasteiger partial charge in [-0.25, -0.2) is 4.39 Å². The molecule has 0 aliphatic heterocycles. The number of benzene rings is 1. The molecule has 2 N–H and O–H groups in total. The van der Waals surface area contributed by atoms with Crippen LogP contribution in [-0.2, 0) is 10.4 Å². The number of aromatic hydroxyl groups is 1. The van der Waals surface area contributed by atoms with Crippen molar-refractivity contribution in [1.29, 1.82) is 0 Å². The van der Waals surface area contributed by atoms with E-state index < -0.39 is 22.0 Å². The van der Waals surface area contributed by atoms with Crippen molar-refractivity contribution in [2.45, 2.75) is 0 Å². The van der Waals surface area contributed by atoms with Gasteiger partial charge in [-0.15, -0.1) is 0 Å². The van der Waals surface area contributed by atoms with Gasteiger partial charge in [0.2, 0.25) is 0 Å². The molecule has 0 spiro atoms. The zero-order valence-corrected chi connectivity index (χ0v) is 6.95. The molecule has 0 fully saturated rings. The summed E-state index contributed by atoms with van der Waals surface area (Å²) >= 11 is 0. The second kappa shape index (κ2) is 3.19. The fourth-order valence-electron chi connectivity index (χ4n) is 0.671. The van der Waals surface area contributed by atoms with Crippen molar-refractivity contribution in [2.75, 3.05) is 0 Å². The highest BCUT2D eigenvalue weighted by atomic mass is 32.3. The summed E-state index contributed by atoms with van der Waals surface area (Å²) in [7, 11) is -4.73. The van der Waals surface area contributed by atoms with Crippen molar-refractivity contribution >= 4 is 10.4 Å². The minimum atomic E-state index is -4.73. The molecule has 0 aromatic heterocycles. The van der Waals surface area contributed by atoms with Crippen LogP contribution in [0.25, 0.3) is 0 Å². The Morgan fingerprint density at radius 2 is 2.00 bits per heavy atom. The van der Waals surface area contributed by atoms with Crippen LogP contribution in [0.1, 0.15) is 0 Å². The zero-order valence-electron chi connectivity index (χ0n) is 6.14. The molecule has 0 atom stereocenters. The smallest absolute Gasteiger partial charge is 0.446 e. The Kier molecular flexibility index (Phi) is 2.39. The van der Waals surface area contributed by atoms with E-state index in [4.69, 9.17) is 9.66 Å². The lowest BCUT2D eigenvalue weighted by molar-refractivity contribution is 0.375. The SMILES string of the molecule is O=S(=O)(O)Oc1ccc(O)cc1F. The van der Waals surface area contributed by atoms with E-state index in [-0.39, 0.29) is 5.75 Å². The molecular weight excluding hydrogens is 203 g/mol. The predicted molar refractivity (Wildman–Crippen MR) is 40.2 cm³/mol. The summed E-state index contributed by atoms with van der Waals surface area (Å²) in [6.07, 6.45) is 0. The average Bonchev–Trinajstić information content (AvgIpc) is 1.93. The Hall–Kier alpha value is -1.34. The Morgan fingerprint density at radius 1 is 1.38 bits per heavy atom. The van der Waals surface area contributed by atoms with E-state index in [0.29, 0.717) is 6.07 Å². The lowest BCUT2D eigenvalue weighted by Crippen LogP contribution is -2.07. The standard InChI is InChI=1S/C6H5FO5S/c7-5-3-4(8)1-2-6(5)12-13(9,10)11/h1-3,8H,(H,9,10,11). The first-order valence-electron chi connectivity index (χ1n) is 3.04. The highest BCUT2D eigenvalue weighted by Crippen LogP contribution is 2.22. The van der Waals surface area contributed by atoms with Crippen molar-refractivity contribution in [3.8, 4) is 11.5 Å². The predicted octanol–water partition coefficient (Wildman–Crippen LogP) is 0.713. The van der Waals surface area contributed by atoms with E-state index in [1.54, 1.807) is 0 Å². The number of rotatable bonds is 2. The number of phenolic OH excluding ortho intramolecular Hbond substituents is 1. The monoisotopic (exact) mass is 208 g/mol. The fraction of sp³-hybridized carbons (Fsp3) is 0. The molecule has 1 aromatic carbocycles. The van der Waals surface area contributed by atoms with Gasteiger partial charge in [0.1, 0.15) is 5.75 Å². The van der Waals surface area contributed by atoms with E-state index in [9.17, 15) is 12.8 Å². The van der Waals surface area contributed by atoms with Crippen LogP contribution in [0.2, 0.25) is 0 Å². The molecule has 0 unspecified atom stereocenters. The molecular formula is C6H5FO5S. The van der Waals surface area contributed by atoms with Crippen LogP contribution in [-0.4, -0.2) is 18.1 Å². The minimum absolute atomic E-state index is 0.375. The highest BCUT2D eigenvalue weighted by molar-refractivity contribution is 7.81. The van der Waals surface area contributed by atoms with Crippen LogP contribution in [0.3, 0.4) is 0 Å². The molecule has 1 aromatic rings. The normalized spacial score (nSPS) is 11.2. The van der Waals surface area contributed by atoms with Crippen LogP contribution < -0.4 is 4.18 Å². The third kappa shape index (κ3) is 2.88. The molecule has 7 heteroatoms. The van der Waals surface area contributed by atoms with E-state index >= 15 is 0 Å². The van der Waals surface area contributed by atoms with Crippen molar-refractivity contribution in [3.63, 3.8) is 0 Å². The van der Waals surface area contributed by atoms with Gasteiger partial charge in [-0.05, 0) is 12.1 Å². The third-order valence-corrected chi connectivity index (χ3v) is 1.50. The molecule has 72 valence electrons. The van der Waals surface area contributed by atoms with Gasteiger partial charge in [0.05, 0.1) is 0 Å². The highest BCUT2D eigenvalue weighted by Gasteiger charge is 2.11. The van der Waals surface area contributed by atoms with Crippen molar-refractivity contribution in [1.82, 2.24) is 0 Å². The van der Waals surface area contributed by atoms with Gasteiger partial charge in [0.25, 0.3) is 0 Å². The van der Waals surface area contributed by atoms with Gasteiger partial charge in [0, 0.05) is 6.07 Å². The summed E-state index contributed by atoms with van der Waals surface area (Å²) in [5.74, 6) is -2.14. The molecule has 0 radical (unpaired) electrons. The van der Waals surface area contributed by atoms with Gasteiger partial charge >= 0.3 is 10.4 Å². The molecule has 0 amide bonds. The molecule has 0 heterocycles. The van der Waals surface area contributed by atoms with E-state index in [0.717, 1.165) is 12.1 Å². The second-order valence-electron chi connectivity index (χ2n) is 2.13. The summed E-state index contributed by atoms with van der Waals surface area (Å²) in [6.45, 7) is 0. The first kappa shape index (κ1) is 9.75. The maximum Gasteiger partial charge on any atom is 0.446 e. The van der Waals surface area contributed by atoms with Crippen LogP contribution in [0.5, 0.6) is 11.5 Å². The summed E-state index contributed by atoms with van der Waals surface area (Å²) in [5, 5.41) is 8.73. The molecule has 0 saturated heterocycles. The van der Waals surface area contributed by atoms with Gasteiger partial charge in [-0.2, -0.15) is 8.42 Å². The Bertz CT molecular complexity index is 413. The summed E-state index contributed by atoms with van der Waals surface area (Å²) in [4.78, 5) is 0. The molecule has 0 saturated carbocycles. The largest absolute Gasteiger partial charge is 0.508 e. The molecule has 5 nitrogen and oxygen atoms in total. The molecule has 0 aliphatic rings. The maximum atomic E-state index is 12.7. The Morgan fingerprint density at radius 3 is 2.46 bits per heavy atom. The van der Waals surface area contributed by atoms with E-state index in [2.05, 4.69) is 4.18 Å². The first-order chi connectivity index (χ1) is 5.88. The molecule has 0 aliphatic carbocycles. The van der Waals surface area contributed by atoms with Crippen LogP contribution in [0, 0.1) is 5.82 Å². The summed E-state index contributed by atoms with van der Waals surface area (Å²) < 4.78 is 45.0. The quantitative estimate of drug-likeness (QED) is 0.699. The second-order valence-corrected chi connectivity index (χ2v) is 3.15. The van der Waals surface area contributed by atoms with Gasteiger partial charge < -0.3 is 9.29 Å². The van der Waals surface area contributed by atoms with Gasteiger partial charge in [-0.1, -0.05) is 0 Å². The minimum Gasteiger partial charge on any atom is -0.508 e. The maximum absolute atomic E-state index is 12.7. The Balaban J connectivity index is 3.04. The third-order valence-electron chi connectivity index (χ3n) is 1.11. The van der Waals surface area contributed by atoms with Crippen LogP contribution >= 0.6 is 0 Å². The van der Waals surface area contributed by atoms with Crippen molar-refractivity contribution in [3.05, 3.63) is 24.0 Å². The molecule has 13 heavy (non-hydrogen) atoms. The fourth-order valence-corrected chi connectivity index (χ4v) is 1.03. The summed E-state index contributed by atoms with van der Waals surface area (Å²) in [6, 6.07) is 2.54. The lowest BCUT2D eigenvalue weighted by Gasteiger charge is -2.02. The number of phenols is 1. The Labute approximate surface area is 73.3 Å².